The lowest BCUT2D eigenvalue weighted by Crippen LogP contribution is -2.25. The molecule has 1 amide bonds. The van der Waals surface area contributed by atoms with E-state index in [1.807, 2.05) is 42.5 Å². The minimum absolute atomic E-state index is 0.0764. The van der Waals surface area contributed by atoms with Crippen molar-refractivity contribution in [1.29, 1.82) is 0 Å². The SMILES string of the molecule is O=C(/C=C/c1cccc2ccccc12)NCc1ccc(S(=O)(=O)NC2CC2)cc1. The van der Waals surface area contributed by atoms with Crippen molar-refractivity contribution in [2.24, 2.45) is 0 Å². The van der Waals surface area contributed by atoms with E-state index in [2.05, 4.69) is 10.0 Å². The van der Waals surface area contributed by atoms with Gasteiger partial charge in [-0.25, -0.2) is 13.1 Å². The quantitative estimate of drug-likeness (QED) is 0.589. The van der Waals surface area contributed by atoms with Crippen LogP contribution in [0.5, 0.6) is 0 Å². The highest BCUT2D eigenvalue weighted by atomic mass is 32.2. The van der Waals surface area contributed by atoms with Gasteiger partial charge in [0.2, 0.25) is 15.9 Å². The van der Waals surface area contributed by atoms with Crippen LogP contribution in [0, 0.1) is 0 Å². The zero-order valence-corrected chi connectivity index (χ0v) is 16.7. The number of amides is 1. The Kier molecular flexibility index (Phi) is 5.47. The van der Waals surface area contributed by atoms with Crippen molar-refractivity contribution in [3.63, 3.8) is 0 Å². The second kappa shape index (κ2) is 8.19. The van der Waals surface area contributed by atoms with Gasteiger partial charge in [0.1, 0.15) is 0 Å². The molecule has 6 heteroatoms. The Bertz CT molecular complexity index is 1160. The zero-order chi connectivity index (χ0) is 20.3. The molecule has 0 atom stereocenters. The molecule has 1 saturated carbocycles. The number of carbonyl (C=O) groups is 1. The Morgan fingerprint density at radius 3 is 2.45 bits per heavy atom. The molecule has 0 saturated heterocycles. The minimum Gasteiger partial charge on any atom is -0.348 e. The summed E-state index contributed by atoms with van der Waals surface area (Å²) < 4.78 is 27.0. The van der Waals surface area contributed by atoms with E-state index in [4.69, 9.17) is 0 Å². The Morgan fingerprint density at radius 2 is 1.69 bits per heavy atom. The first-order chi connectivity index (χ1) is 14.0. The van der Waals surface area contributed by atoms with Crippen molar-refractivity contribution in [3.05, 3.63) is 83.9 Å². The summed E-state index contributed by atoms with van der Waals surface area (Å²) in [5.41, 5.74) is 1.82. The number of fused-ring (bicyclic) bond motifs is 1. The molecule has 0 unspecified atom stereocenters. The number of hydrogen-bond acceptors (Lipinski definition) is 3. The third kappa shape index (κ3) is 4.91. The average molecular weight is 407 g/mol. The van der Waals surface area contributed by atoms with Crippen molar-refractivity contribution in [1.82, 2.24) is 10.0 Å². The van der Waals surface area contributed by atoms with Crippen LogP contribution in [0.1, 0.15) is 24.0 Å². The van der Waals surface area contributed by atoms with E-state index in [0.29, 0.717) is 6.54 Å². The number of benzene rings is 3. The number of rotatable bonds is 7. The average Bonchev–Trinajstić information content (AvgIpc) is 3.54. The lowest BCUT2D eigenvalue weighted by atomic mass is 10.0. The van der Waals surface area contributed by atoms with Crippen molar-refractivity contribution in [2.45, 2.75) is 30.3 Å². The molecule has 0 spiro atoms. The second-order valence-corrected chi connectivity index (χ2v) is 8.87. The molecular formula is C23H22N2O3S. The van der Waals surface area contributed by atoms with Gasteiger partial charge in [-0.05, 0) is 52.9 Å². The van der Waals surface area contributed by atoms with Crippen LogP contribution >= 0.6 is 0 Å². The largest absolute Gasteiger partial charge is 0.348 e. The summed E-state index contributed by atoms with van der Waals surface area (Å²) in [4.78, 5) is 12.4. The topological polar surface area (TPSA) is 75.3 Å². The lowest BCUT2D eigenvalue weighted by molar-refractivity contribution is -0.116. The van der Waals surface area contributed by atoms with Gasteiger partial charge in [0.15, 0.2) is 0 Å². The molecule has 29 heavy (non-hydrogen) atoms. The van der Waals surface area contributed by atoms with Gasteiger partial charge in [0.05, 0.1) is 4.90 Å². The van der Waals surface area contributed by atoms with Crippen LogP contribution in [0.4, 0.5) is 0 Å². The Morgan fingerprint density at radius 1 is 0.966 bits per heavy atom. The molecule has 1 aliphatic carbocycles. The molecule has 0 radical (unpaired) electrons. The van der Waals surface area contributed by atoms with E-state index < -0.39 is 10.0 Å². The second-order valence-electron chi connectivity index (χ2n) is 7.16. The maximum Gasteiger partial charge on any atom is 0.244 e. The molecule has 0 bridgehead atoms. The van der Waals surface area contributed by atoms with Gasteiger partial charge in [-0.1, -0.05) is 54.6 Å². The van der Waals surface area contributed by atoms with E-state index in [0.717, 1.165) is 34.7 Å². The first kappa shape index (κ1) is 19.4. The Balaban J connectivity index is 1.36. The molecule has 3 aromatic rings. The highest BCUT2D eigenvalue weighted by molar-refractivity contribution is 7.89. The van der Waals surface area contributed by atoms with Gasteiger partial charge >= 0.3 is 0 Å². The summed E-state index contributed by atoms with van der Waals surface area (Å²) in [5, 5.41) is 5.05. The first-order valence-corrected chi connectivity index (χ1v) is 11.0. The van der Waals surface area contributed by atoms with Crippen molar-refractivity contribution in [3.8, 4) is 0 Å². The van der Waals surface area contributed by atoms with Gasteiger partial charge in [-0.3, -0.25) is 4.79 Å². The predicted molar refractivity (Wildman–Crippen MR) is 115 cm³/mol. The van der Waals surface area contributed by atoms with E-state index >= 15 is 0 Å². The summed E-state index contributed by atoms with van der Waals surface area (Å²) in [7, 11) is -3.45. The third-order valence-electron chi connectivity index (χ3n) is 4.84. The fourth-order valence-electron chi connectivity index (χ4n) is 3.08. The fraction of sp³-hybridized carbons (Fsp3) is 0.174. The Labute approximate surface area is 170 Å². The molecule has 0 aliphatic heterocycles. The molecule has 0 heterocycles. The maximum atomic E-state index is 12.2. The Hall–Kier alpha value is -2.96. The van der Waals surface area contributed by atoms with Crippen molar-refractivity contribution in [2.75, 3.05) is 0 Å². The number of carbonyl (C=O) groups excluding carboxylic acids is 1. The predicted octanol–water partition coefficient (Wildman–Crippen LogP) is 3.61. The van der Waals surface area contributed by atoms with Gasteiger partial charge in [-0.2, -0.15) is 0 Å². The fourth-order valence-corrected chi connectivity index (χ4v) is 4.39. The summed E-state index contributed by atoms with van der Waals surface area (Å²) in [6, 6.07) is 20.7. The monoisotopic (exact) mass is 406 g/mol. The van der Waals surface area contributed by atoms with Crippen molar-refractivity contribution < 1.29 is 13.2 Å². The van der Waals surface area contributed by atoms with Crippen LogP contribution in [-0.2, 0) is 21.4 Å². The summed E-state index contributed by atoms with van der Waals surface area (Å²) in [6.07, 6.45) is 5.11. The molecule has 4 rings (SSSR count). The summed E-state index contributed by atoms with van der Waals surface area (Å²) in [6.45, 7) is 0.328. The van der Waals surface area contributed by atoms with Crippen LogP contribution in [-0.4, -0.2) is 20.4 Å². The highest BCUT2D eigenvalue weighted by Crippen LogP contribution is 2.22. The molecule has 5 nitrogen and oxygen atoms in total. The van der Waals surface area contributed by atoms with Crippen LogP contribution in [0.25, 0.3) is 16.8 Å². The highest BCUT2D eigenvalue weighted by Gasteiger charge is 2.27. The van der Waals surface area contributed by atoms with Crippen LogP contribution in [0.3, 0.4) is 0 Å². The standard InChI is InChI=1S/C23H22N2O3S/c26-23(15-10-19-6-3-5-18-4-1-2-7-22(18)19)24-16-17-8-13-21(14-9-17)29(27,28)25-20-11-12-20/h1-10,13-15,20,25H,11-12,16H2,(H,24,26)/b15-10+. The van der Waals surface area contributed by atoms with Gasteiger partial charge in [-0.15, -0.1) is 0 Å². The van der Waals surface area contributed by atoms with Crippen molar-refractivity contribution >= 4 is 32.8 Å². The lowest BCUT2D eigenvalue weighted by Gasteiger charge is -2.07. The molecule has 1 fully saturated rings. The van der Waals surface area contributed by atoms with E-state index in [1.54, 1.807) is 30.3 Å². The third-order valence-corrected chi connectivity index (χ3v) is 6.37. The van der Waals surface area contributed by atoms with Crippen LogP contribution in [0.15, 0.2) is 77.7 Å². The molecular weight excluding hydrogens is 384 g/mol. The number of hydrogen-bond donors (Lipinski definition) is 2. The zero-order valence-electron chi connectivity index (χ0n) is 15.8. The first-order valence-electron chi connectivity index (χ1n) is 9.56. The summed E-state index contributed by atoms with van der Waals surface area (Å²) >= 11 is 0. The molecule has 2 N–H and O–H groups in total. The molecule has 0 aromatic heterocycles. The van der Waals surface area contributed by atoms with E-state index in [1.165, 1.54) is 6.08 Å². The van der Waals surface area contributed by atoms with Crippen LogP contribution in [0.2, 0.25) is 0 Å². The van der Waals surface area contributed by atoms with E-state index in [9.17, 15) is 13.2 Å². The smallest absolute Gasteiger partial charge is 0.244 e. The molecule has 148 valence electrons. The summed E-state index contributed by atoms with van der Waals surface area (Å²) in [5.74, 6) is -0.204. The van der Waals surface area contributed by atoms with E-state index in [-0.39, 0.29) is 16.8 Å². The molecule has 1 aliphatic rings. The molecule has 3 aromatic carbocycles. The number of sulfonamides is 1. The van der Waals surface area contributed by atoms with Gasteiger partial charge < -0.3 is 5.32 Å². The van der Waals surface area contributed by atoms with Crippen LogP contribution < -0.4 is 10.0 Å². The minimum atomic E-state index is -3.45. The maximum absolute atomic E-state index is 12.2. The normalized spacial score (nSPS) is 14.3. The number of nitrogens with one attached hydrogen (secondary N) is 2. The van der Waals surface area contributed by atoms with Gasteiger partial charge in [0, 0.05) is 18.7 Å². The van der Waals surface area contributed by atoms with Gasteiger partial charge in [0.25, 0.3) is 0 Å².